The van der Waals surface area contributed by atoms with Crippen LogP contribution in [0.5, 0.6) is 34.5 Å². The molecule has 6 aromatic carbocycles. The number of para-hydroxylation sites is 2. The Morgan fingerprint density at radius 3 is 1.17 bits per heavy atom. The average molecular weight is 856 g/mol. The second kappa shape index (κ2) is 18.3. The van der Waals surface area contributed by atoms with Gasteiger partial charge >= 0.3 is 0 Å². The average Bonchev–Trinajstić information content (AvgIpc) is 3.18. The van der Waals surface area contributed by atoms with Crippen molar-refractivity contribution in [2.24, 2.45) is 0 Å². The van der Waals surface area contributed by atoms with E-state index in [-0.39, 0.29) is 57.4 Å². The number of benzene rings is 6. The van der Waals surface area contributed by atoms with Gasteiger partial charge in [-0.25, -0.2) is 26.3 Å². The molecule has 0 spiro atoms. The summed E-state index contributed by atoms with van der Waals surface area (Å²) in [6, 6.07) is 27.0. The van der Waals surface area contributed by atoms with Crippen LogP contribution in [0.1, 0.15) is 38.8 Å². The summed E-state index contributed by atoms with van der Waals surface area (Å²) in [4.78, 5) is 0. The lowest BCUT2D eigenvalue weighted by Gasteiger charge is -2.42. The quantitative estimate of drug-likeness (QED) is 0.0908. The lowest BCUT2D eigenvalue weighted by Crippen LogP contribution is -2.53. The Bertz CT molecular complexity index is 2260. The summed E-state index contributed by atoms with van der Waals surface area (Å²) in [5.41, 5.74) is -1.59. The molecule has 0 bridgehead atoms. The van der Waals surface area contributed by atoms with Crippen LogP contribution >= 0.6 is 23.2 Å². The van der Waals surface area contributed by atoms with Gasteiger partial charge in [0.25, 0.3) is 0 Å². The number of hydrogen-bond acceptors (Lipinski definition) is 5. The molecule has 2 atom stereocenters. The van der Waals surface area contributed by atoms with Gasteiger partial charge in [-0.05, 0) is 112 Å². The van der Waals surface area contributed by atoms with Crippen LogP contribution in [0.25, 0.3) is 0 Å². The molecule has 0 N–H and O–H groups in total. The van der Waals surface area contributed by atoms with Gasteiger partial charge in [-0.1, -0.05) is 59.6 Å². The molecule has 308 valence electrons. The monoisotopic (exact) mass is 854 g/mol. The Hall–Kier alpha value is -5.36. The van der Waals surface area contributed by atoms with E-state index in [9.17, 15) is 17.6 Å². The minimum atomic E-state index is -1.28. The van der Waals surface area contributed by atoms with Crippen molar-refractivity contribution in [1.82, 2.24) is 0 Å². The largest absolute Gasteiger partial charge is 0.485 e. The van der Waals surface area contributed by atoms with Gasteiger partial charge in [-0.3, -0.25) is 0 Å². The summed E-state index contributed by atoms with van der Waals surface area (Å²) in [6.07, 6.45) is -1.87. The molecule has 0 amide bonds. The zero-order valence-corrected chi connectivity index (χ0v) is 33.7. The van der Waals surface area contributed by atoms with Gasteiger partial charge < -0.3 is 23.7 Å². The summed E-state index contributed by atoms with van der Waals surface area (Å²) in [5, 5.41) is -0.362. The van der Waals surface area contributed by atoms with Gasteiger partial charge in [0.1, 0.15) is 46.5 Å². The first-order valence-corrected chi connectivity index (χ1v) is 19.1. The minimum Gasteiger partial charge on any atom is -0.485 e. The van der Waals surface area contributed by atoms with E-state index < -0.39 is 58.3 Å². The fourth-order valence-corrected chi connectivity index (χ4v) is 6.50. The molecule has 0 aliphatic carbocycles. The first-order valence-electron chi connectivity index (χ1n) is 18.3. The van der Waals surface area contributed by atoms with E-state index in [1.807, 2.05) is 0 Å². The third kappa shape index (κ3) is 11.0. The maximum Gasteiger partial charge on any atom is 0.165 e. The summed E-state index contributed by atoms with van der Waals surface area (Å²) in [7, 11) is 0. The van der Waals surface area contributed by atoms with E-state index in [1.165, 1.54) is 97.1 Å². The fraction of sp³-hybridized carbons (Fsp3) is 0.217. The zero-order valence-electron chi connectivity index (χ0n) is 32.2. The van der Waals surface area contributed by atoms with Crippen molar-refractivity contribution in [1.29, 1.82) is 0 Å². The molecule has 0 saturated carbocycles. The molecule has 2 unspecified atom stereocenters. The minimum absolute atomic E-state index is 0.0237. The summed E-state index contributed by atoms with van der Waals surface area (Å²) < 4.78 is 119. The fourth-order valence-electron chi connectivity index (χ4n) is 6.16. The summed E-state index contributed by atoms with van der Waals surface area (Å²) in [5.74, 6) is -4.66. The predicted octanol–water partition coefficient (Wildman–Crippen LogP) is 13.7. The third-order valence-corrected chi connectivity index (χ3v) is 9.95. The standard InChI is InChI=1S/C46H38Cl2F6O5/c1-45(2,58-29-15-19-33(49)31(47)25-29)43(23-27-13-17-37(53)41(21-27)55-39-11-7-5-9-35(39)51)57-44(46(3,4)59-30-16-20-34(50)32(48)26-30)24-28-14-18-38(54)42(22-28)56-40-12-8-6-10-36(40)52/h5-22,25-26,43-44H,23-24H2,1-4H3. The molecule has 0 aliphatic rings. The van der Waals surface area contributed by atoms with Crippen LogP contribution in [0, 0.1) is 34.9 Å². The number of rotatable bonds is 16. The highest BCUT2D eigenvalue weighted by Crippen LogP contribution is 2.36. The van der Waals surface area contributed by atoms with Crippen molar-refractivity contribution in [3.05, 3.63) is 177 Å². The molecular formula is C46H38Cl2F6O5. The van der Waals surface area contributed by atoms with Gasteiger partial charge in [0.15, 0.2) is 46.3 Å². The van der Waals surface area contributed by atoms with E-state index in [4.69, 9.17) is 46.9 Å². The van der Waals surface area contributed by atoms with Crippen LogP contribution in [0.3, 0.4) is 0 Å². The van der Waals surface area contributed by atoms with E-state index in [0.29, 0.717) is 11.1 Å². The van der Waals surface area contributed by atoms with Crippen LogP contribution < -0.4 is 18.9 Å². The molecule has 5 nitrogen and oxygen atoms in total. The van der Waals surface area contributed by atoms with E-state index in [2.05, 4.69) is 0 Å². The van der Waals surface area contributed by atoms with Crippen molar-refractivity contribution < 1.29 is 50.0 Å². The Labute approximate surface area is 348 Å². The second-order valence-electron chi connectivity index (χ2n) is 14.7. The lowest BCUT2D eigenvalue weighted by molar-refractivity contribution is -0.153. The Morgan fingerprint density at radius 2 is 0.797 bits per heavy atom. The van der Waals surface area contributed by atoms with Crippen molar-refractivity contribution >= 4 is 23.2 Å². The Balaban J connectivity index is 1.40. The van der Waals surface area contributed by atoms with Gasteiger partial charge in [-0.15, -0.1) is 0 Å². The lowest BCUT2D eigenvalue weighted by atomic mass is 9.90. The number of ether oxygens (including phenoxy) is 5. The smallest absolute Gasteiger partial charge is 0.165 e. The summed E-state index contributed by atoms with van der Waals surface area (Å²) >= 11 is 12.2. The van der Waals surface area contributed by atoms with Gasteiger partial charge in [-0.2, -0.15) is 0 Å². The maximum atomic E-state index is 15.2. The van der Waals surface area contributed by atoms with Crippen LogP contribution in [-0.4, -0.2) is 23.4 Å². The molecule has 0 aliphatic heterocycles. The first-order chi connectivity index (χ1) is 28.0. The number of hydrogen-bond donors (Lipinski definition) is 0. The second-order valence-corrected chi connectivity index (χ2v) is 15.5. The molecular weight excluding hydrogens is 817 g/mol. The van der Waals surface area contributed by atoms with Crippen molar-refractivity contribution in [3.63, 3.8) is 0 Å². The van der Waals surface area contributed by atoms with Crippen molar-refractivity contribution in [2.75, 3.05) is 0 Å². The first kappa shape index (κ1) is 43.2. The van der Waals surface area contributed by atoms with E-state index in [1.54, 1.807) is 39.8 Å². The van der Waals surface area contributed by atoms with Gasteiger partial charge in [0.05, 0.1) is 10.0 Å². The van der Waals surface area contributed by atoms with E-state index >= 15 is 8.78 Å². The topological polar surface area (TPSA) is 46.2 Å². The molecule has 0 saturated heterocycles. The Kier molecular flexibility index (Phi) is 13.4. The SMILES string of the molecule is CC(C)(Oc1ccc(F)c(Cl)c1)C(Cc1ccc(F)c(Oc2ccccc2F)c1)OC(Cc1ccc(F)c(Oc2ccccc2F)c1)C(C)(C)Oc1ccc(F)c(Cl)c1. The van der Waals surface area contributed by atoms with Crippen LogP contribution in [0.2, 0.25) is 10.0 Å². The van der Waals surface area contributed by atoms with Gasteiger partial charge in [0.2, 0.25) is 0 Å². The van der Waals surface area contributed by atoms with Crippen LogP contribution in [0.4, 0.5) is 26.3 Å². The van der Waals surface area contributed by atoms with E-state index in [0.717, 1.165) is 12.1 Å². The van der Waals surface area contributed by atoms with Gasteiger partial charge in [0, 0.05) is 25.0 Å². The molecule has 13 heteroatoms. The molecule has 0 fully saturated rings. The van der Waals surface area contributed by atoms with Crippen molar-refractivity contribution in [3.8, 4) is 34.5 Å². The Morgan fingerprint density at radius 1 is 0.441 bits per heavy atom. The maximum absolute atomic E-state index is 15.2. The zero-order chi connectivity index (χ0) is 42.5. The normalized spacial score (nSPS) is 12.8. The third-order valence-electron chi connectivity index (χ3n) is 9.37. The number of halogens is 8. The molecule has 59 heavy (non-hydrogen) atoms. The molecule has 0 aromatic heterocycles. The predicted molar refractivity (Wildman–Crippen MR) is 214 cm³/mol. The highest BCUT2D eigenvalue weighted by atomic mass is 35.5. The highest BCUT2D eigenvalue weighted by molar-refractivity contribution is 6.31. The molecule has 6 aromatic rings. The summed E-state index contributed by atoms with van der Waals surface area (Å²) in [6.45, 7) is 6.88. The molecule has 0 heterocycles. The molecule has 0 radical (unpaired) electrons. The van der Waals surface area contributed by atoms with Crippen molar-refractivity contribution in [2.45, 2.75) is 63.9 Å². The van der Waals surface area contributed by atoms with Crippen LogP contribution in [-0.2, 0) is 17.6 Å². The highest BCUT2D eigenvalue weighted by Gasteiger charge is 2.41. The molecule has 6 rings (SSSR count). The van der Waals surface area contributed by atoms with Crippen LogP contribution in [0.15, 0.2) is 121 Å².